The number of nitro benzene ring substituents is 1. The van der Waals surface area contributed by atoms with Gasteiger partial charge in [0.1, 0.15) is 0 Å². The number of nitrogens with one attached hydrogen (secondary N) is 1. The number of benzene rings is 2. The fourth-order valence-corrected chi connectivity index (χ4v) is 4.31. The summed E-state index contributed by atoms with van der Waals surface area (Å²) in [6, 6.07) is 9.60. The number of para-hydroxylation sites is 1. The van der Waals surface area contributed by atoms with Crippen LogP contribution in [0.3, 0.4) is 0 Å². The van der Waals surface area contributed by atoms with Crippen LogP contribution in [0.25, 0.3) is 0 Å². The summed E-state index contributed by atoms with van der Waals surface area (Å²) in [6.07, 6.45) is 0. The van der Waals surface area contributed by atoms with E-state index in [-0.39, 0.29) is 17.9 Å². The molecule has 10 nitrogen and oxygen atoms in total. The van der Waals surface area contributed by atoms with Crippen LogP contribution in [-0.4, -0.2) is 52.2 Å². The minimum Gasteiger partial charge on any atom is -0.462 e. The monoisotopic (exact) mass is 435 g/mol. The molecule has 1 heterocycles. The molecule has 2 aromatic rings. The van der Waals surface area contributed by atoms with Gasteiger partial charge in [-0.05, 0) is 31.2 Å². The highest BCUT2D eigenvalue weighted by atomic mass is 32.2. The summed E-state index contributed by atoms with van der Waals surface area (Å²) in [5.74, 6) is -0.600. The quantitative estimate of drug-likeness (QED) is 0.399. The minimum absolute atomic E-state index is 0.126. The van der Waals surface area contributed by atoms with E-state index >= 15 is 0 Å². The number of carbonyl (C=O) groups excluding carboxylic acids is 1. The highest BCUT2D eigenvalue weighted by Crippen LogP contribution is 2.32. The lowest BCUT2D eigenvalue weighted by Crippen LogP contribution is -2.36. The first-order chi connectivity index (χ1) is 14.3. The van der Waals surface area contributed by atoms with Crippen molar-refractivity contribution in [2.24, 2.45) is 0 Å². The zero-order chi connectivity index (χ0) is 21.7. The number of nitro groups is 1. The number of rotatable bonds is 7. The molecule has 0 amide bonds. The van der Waals surface area contributed by atoms with E-state index in [2.05, 4.69) is 4.72 Å². The number of sulfonamides is 1. The SMILES string of the molecule is CCOC(=O)c1ccc(N2CCOCC2)c(NS(=O)(=O)c2ccccc2[N+](=O)[O-])c1. The fourth-order valence-electron chi connectivity index (χ4n) is 3.07. The van der Waals surface area contributed by atoms with Gasteiger partial charge in [-0.2, -0.15) is 0 Å². The van der Waals surface area contributed by atoms with Crippen LogP contribution >= 0.6 is 0 Å². The molecule has 30 heavy (non-hydrogen) atoms. The summed E-state index contributed by atoms with van der Waals surface area (Å²) in [5.41, 5.74) is 0.280. The van der Waals surface area contributed by atoms with Crippen LogP contribution in [-0.2, 0) is 19.5 Å². The smallest absolute Gasteiger partial charge is 0.338 e. The molecule has 0 radical (unpaired) electrons. The van der Waals surface area contributed by atoms with Crippen molar-refractivity contribution in [1.29, 1.82) is 0 Å². The first-order valence-corrected chi connectivity index (χ1v) is 10.7. The molecule has 0 atom stereocenters. The maximum absolute atomic E-state index is 13.0. The lowest BCUT2D eigenvalue weighted by atomic mass is 10.1. The van der Waals surface area contributed by atoms with Gasteiger partial charge in [0.15, 0.2) is 4.90 Å². The summed E-state index contributed by atoms with van der Waals surface area (Å²) in [6.45, 7) is 3.82. The molecule has 11 heteroatoms. The third-order valence-electron chi connectivity index (χ3n) is 4.46. The maximum Gasteiger partial charge on any atom is 0.338 e. The maximum atomic E-state index is 13.0. The molecule has 1 aliphatic rings. The topological polar surface area (TPSA) is 128 Å². The molecule has 0 aromatic heterocycles. The van der Waals surface area contributed by atoms with Crippen LogP contribution in [0.4, 0.5) is 17.1 Å². The number of esters is 1. The van der Waals surface area contributed by atoms with Crippen molar-refractivity contribution in [1.82, 2.24) is 0 Å². The predicted molar refractivity (Wildman–Crippen MR) is 109 cm³/mol. The minimum atomic E-state index is -4.31. The Morgan fingerprint density at radius 3 is 2.60 bits per heavy atom. The number of ether oxygens (including phenoxy) is 2. The Labute approximate surface area is 173 Å². The predicted octanol–water partition coefficient (Wildman–Crippen LogP) is 2.41. The average Bonchev–Trinajstić information content (AvgIpc) is 2.74. The highest BCUT2D eigenvalue weighted by molar-refractivity contribution is 7.92. The number of carbonyl (C=O) groups is 1. The van der Waals surface area contributed by atoms with E-state index in [1.807, 2.05) is 4.90 Å². The van der Waals surface area contributed by atoms with E-state index in [9.17, 15) is 23.3 Å². The lowest BCUT2D eigenvalue weighted by Gasteiger charge is -2.30. The molecule has 0 saturated carbocycles. The van der Waals surface area contributed by atoms with Crippen molar-refractivity contribution < 1.29 is 27.6 Å². The van der Waals surface area contributed by atoms with E-state index in [0.29, 0.717) is 32.0 Å². The number of anilines is 2. The molecule has 1 N–H and O–H groups in total. The zero-order valence-corrected chi connectivity index (χ0v) is 17.1. The molecule has 1 saturated heterocycles. The third kappa shape index (κ3) is 4.69. The van der Waals surface area contributed by atoms with Crippen LogP contribution in [0.15, 0.2) is 47.4 Å². The summed E-state index contributed by atoms with van der Waals surface area (Å²) < 4.78 is 38.7. The van der Waals surface area contributed by atoms with Crippen molar-refractivity contribution in [2.45, 2.75) is 11.8 Å². The summed E-state index contributed by atoms with van der Waals surface area (Å²) in [7, 11) is -4.31. The molecule has 160 valence electrons. The van der Waals surface area contributed by atoms with Crippen LogP contribution in [0, 0.1) is 10.1 Å². The standard InChI is InChI=1S/C19H21N3O7S/c1-2-29-19(23)14-7-8-16(21-9-11-28-12-10-21)15(13-14)20-30(26,27)18-6-4-3-5-17(18)22(24)25/h3-8,13,20H,2,9-12H2,1H3. The first kappa shape index (κ1) is 21.5. The summed E-state index contributed by atoms with van der Waals surface area (Å²) in [4.78, 5) is 24.1. The molecule has 0 spiro atoms. The Balaban J connectivity index is 2.04. The van der Waals surface area contributed by atoms with Gasteiger partial charge in [-0.15, -0.1) is 0 Å². The zero-order valence-electron chi connectivity index (χ0n) is 16.2. The van der Waals surface area contributed by atoms with E-state index in [0.717, 1.165) is 12.1 Å². The summed E-state index contributed by atoms with van der Waals surface area (Å²) >= 11 is 0. The molecule has 1 aliphatic heterocycles. The van der Waals surface area contributed by atoms with Crippen molar-refractivity contribution in [3.8, 4) is 0 Å². The normalized spacial score (nSPS) is 14.2. The van der Waals surface area contributed by atoms with Gasteiger partial charge >= 0.3 is 5.97 Å². The molecule has 3 rings (SSSR count). The van der Waals surface area contributed by atoms with Crippen LogP contribution < -0.4 is 9.62 Å². The van der Waals surface area contributed by atoms with Gasteiger partial charge < -0.3 is 14.4 Å². The Kier molecular flexibility index (Phi) is 6.53. The fraction of sp³-hybridized carbons (Fsp3) is 0.316. The van der Waals surface area contributed by atoms with Gasteiger partial charge in [0.2, 0.25) is 0 Å². The average molecular weight is 435 g/mol. The van der Waals surface area contributed by atoms with Crippen LogP contribution in [0.5, 0.6) is 0 Å². The summed E-state index contributed by atoms with van der Waals surface area (Å²) in [5, 5.41) is 11.3. The van der Waals surface area contributed by atoms with Crippen molar-refractivity contribution in [3.05, 3.63) is 58.1 Å². The number of nitrogens with zero attached hydrogens (tertiary/aromatic N) is 2. The van der Waals surface area contributed by atoms with Gasteiger partial charge in [-0.1, -0.05) is 12.1 Å². The Morgan fingerprint density at radius 2 is 1.93 bits per heavy atom. The first-order valence-electron chi connectivity index (χ1n) is 9.23. The molecular weight excluding hydrogens is 414 g/mol. The van der Waals surface area contributed by atoms with Crippen molar-refractivity contribution in [3.63, 3.8) is 0 Å². The van der Waals surface area contributed by atoms with Crippen molar-refractivity contribution >= 4 is 33.1 Å². The van der Waals surface area contributed by atoms with Crippen LogP contribution in [0.1, 0.15) is 17.3 Å². The second-order valence-electron chi connectivity index (χ2n) is 6.38. The Hall–Kier alpha value is -3.18. The van der Waals surface area contributed by atoms with Gasteiger partial charge in [-0.25, -0.2) is 13.2 Å². The highest BCUT2D eigenvalue weighted by Gasteiger charge is 2.27. The van der Waals surface area contributed by atoms with E-state index in [1.54, 1.807) is 19.1 Å². The Morgan fingerprint density at radius 1 is 1.23 bits per heavy atom. The van der Waals surface area contributed by atoms with Gasteiger partial charge in [0.25, 0.3) is 15.7 Å². The number of morpholine rings is 1. The van der Waals surface area contributed by atoms with E-state index < -0.39 is 31.5 Å². The molecule has 2 aromatic carbocycles. The van der Waals surface area contributed by atoms with Crippen LogP contribution in [0.2, 0.25) is 0 Å². The van der Waals surface area contributed by atoms with E-state index in [4.69, 9.17) is 9.47 Å². The van der Waals surface area contributed by atoms with Gasteiger partial charge in [0.05, 0.1) is 41.7 Å². The molecule has 0 aliphatic carbocycles. The molecule has 0 unspecified atom stereocenters. The third-order valence-corrected chi connectivity index (χ3v) is 5.87. The molecule has 1 fully saturated rings. The van der Waals surface area contributed by atoms with Crippen molar-refractivity contribution in [2.75, 3.05) is 42.5 Å². The lowest BCUT2D eigenvalue weighted by molar-refractivity contribution is -0.387. The van der Waals surface area contributed by atoms with Gasteiger partial charge in [-0.3, -0.25) is 14.8 Å². The number of hydrogen-bond donors (Lipinski definition) is 1. The molecular formula is C19H21N3O7S. The second kappa shape index (κ2) is 9.09. The Bertz CT molecular complexity index is 1050. The van der Waals surface area contributed by atoms with Gasteiger partial charge in [0, 0.05) is 19.2 Å². The second-order valence-corrected chi connectivity index (χ2v) is 8.03. The molecule has 0 bridgehead atoms. The largest absolute Gasteiger partial charge is 0.462 e. The van der Waals surface area contributed by atoms with E-state index in [1.165, 1.54) is 18.2 Å². The number of hydrogen-bond acceptors (Lipinski definition) is 8.